The third-order valence-electron chi connectivity index (χ3n) is 3.81. The Kier molecular flexibility index (Phi) is 9.98. The van der Waals surface area contributed by atoms with Crippen molar-refractivity contribution in [1.82, 2.24) is 10.6 Å². The molecule has 4 nitrogen and oxygen atoms in total. The zero-order valence-corrected chi connectivity index (χ0v) is 12.7. The molecule has 0 aliphatic carbocycles. The molecular weight excluding hydrogens is 252 g/mol. The van der Waals surface area contributed by atoms with Gasteiger partial charge in [0, 0.05) is 25.9 Å². The second-order valence-corrected chi connectivity index (χ2v) is 5.74. The molecule has 2 amide bonds. The van der Waals surface area contributed by atoms with Crippen LogP contribution >= 0.6 is 0 Å². The highest BCUT2D eigenvalue weighted by molar-refractivity contribution is 5.76. The summed E-state index contributed by atoms with van der Waals surface area (Å²) in [5.74, 6) is 0.414. The van der Waals surface area contributed by atoms with E-state index in [-0.39, 0.29) is 11.8 Å². The molecule has 20 heavy (non-hydrogen) atoms. The maximum atomic E-state index is 11.6. The highest BCUT2D eigenvalue weighted by atomic mass is 16.2. The van der Waals surface area contributed by atoms with Gasteiger partial charge in [-0.1, -0.05) is 38.5 Å². The van der Waals surface area contributed by atoms with Gasteiger partial charge in [-0.15, -0.1) is 0 Å². The monoisotopic (exact) mass is 282 g/mol. The van der Waals surface area contributed by atoms with Gasteiger partial charge >= 0.3 is 0 Å². The lowest BCUT2D eigenvalue weighted by Gasteiger charge is -2.08. The average molecular weight is 282 g/mol. The maximum absolute atomic E-state index is 11.6. The van der Waals surface area contributed by atoms with Gasteiger partial charge in [0.15, 0.2) is 0 Å². The molecule has 0 spiro atoms. The van der Waals surface area contributed by atoms with Crippen LogP contribution in [0.15, 0.2) is 0 Å². The van der Waals surface area contributed by atoms with E-state index in [0.29, 0.717) is 12.8 Å². The summed E-state index contributed by atoms with van der Waals surface area (Å²) in [6, 6.07) is 0. The van der Waals surface area contributed by atoms with Crippen molar-refractivity contribution in [2.45, 2.75) is 77.0 Å². The van der Waals surface area contributed by atoms with Crippen LogP contribution in [0.3, 0.4) is 0 Å². The van der Waals surface area contributed by atoms with Crippen LogP contribution in [0.25, 0.3) is 0 Å². The van der Waals surface area contributed by atoms with Crippen molar-refractivity contribution in [2.24, 2.45) is 0 Å². The molecule has 4 heteroatoms. The molecule has 1 aliphatic rings. The maximum Gasteiger partial charge on any atom is 0.219 e. The lowest BCUT2D eigenvalue weighted by molar-refractivity contribution is -0.122. The zero-order chi connectivity index (χ0) is 14.5. The van der Waals surface area contributed by atoms with Gasteiger partial charge < -0.3 is 10.6 Å². The van der Waals surface area contributed by atoms with Gasteiger partial charge in [0.05, 0.1) is 0 Å². The van der Waals surface area contributed by atoms with Crippen molar-refractivity contribution in [3.63, 3.8) is 0 Å². The Morgan fingerprint density at radius 2 is 0.850 bits per heavy atom. The Morgan fingerprint density at radius 1 is 0.500 bits per heavy atom. The Labute approximate surface area is 123 Å². The van der Waals surface area contributed by atoms with Gasteiger partial charge in [0.25, 0.3) is 0 Å². The summed E-state index contributed by atoms with van der Waals surface area (Å²) < 4.78 is 0. The van der Waals surface area contributed by atoms with E-state index in [1.165, 1.54) is 0 Å². The fraction of sp³-hybridized carbons (Fsp3) is 0.875. The van der Waals surface area contributed by atoms with Crippen LogP contribution in [-0.4, -0.2) is 24.9 Å². The number of carbonyl (C=O) groups excluding carboxylic acids is 2. The number of amides is 2. The van der Waals surface area contributed by atoms with E-state index in [0.717, 1.165) is 77.3 Å². The lowest BCUT2D eigenvalue weighted by atomic mass is 10.1. The van der Waals surface area contributed by atoms with Gasteiger partial charge in [-0.05, 0) is 25.7 Å². The van der Waals surface area contributed by atoms with Crippen molar-refractivity contribution in [2.75, 3.05) is 13.1 Å². The first-order valence-corrected chi connectivity index (χ1v) is 8.32. The third-order valence-corrected chi connectivity index (χ3v) is 3.81. The van der Waals surface area contributed by atoms with E-state index >= 15 is 0 Å². The molecule has 1 heterocycles. The largest absolute Gasteiger partial charge is 0.356 e. The van der Waals surface area contributed by atoms with Crippen molar-refractivity contribution in [3.05, 3.63) is 0 Å². The van der Waals surface area contributed by atoms with Gasteiger partial charge in [0.2, 0.25) is 11.8 Å². The third kappa shape index (κ3) is 9.82. The molecule has 0 aromatic rings. The predicted molar refractivity (Wildman–Crippen MR) is 81.4 cm³/mol. The Hall–Kier alpha value is -1.06. The van der Waals surface area contributed by atoms with Crippen molar-refractivity contribution >= 4 is 11.8 Å². The summed E-state index contributed by atoms with van der Waals surface area (Å²) in [5.41, 5.74) is 0. The highest BCUT2D eigenvalue weighted by Crippen LogP contribution is 2.07. The molecule has 2 N–H and O–H groups in total. The first kappa shape index (κ1) is 17.0. The van der Waals surface area contributed by atoms with E-state index in [1.807, 2.05) is 0 Å². The number of rotatable bonds is 0. The second-order valence-electron chi connectivity index (χ2n) is 5.74. The summed E-state index contributed by atoms with van der Waals surface area (Å²) in [7, 11) is 0. The van der Waals surface area contributed by atoms with Crippen LogP contribution in [-0.2, 0) is 9.59 Å². The van der Waals surface area contributed by atoms with E-state index in [1.54, 1.807) is 0 Å². The van der Waals surface area contributed by atoms with E-state index in [4.69, 9.17) is 0 Å². The van der Waals surface area contributed by atoms with E-state index in [9.17, 15) is 9.59 Å². The highest BCUT2D eigenvalue weighted by Gasteiger charge is 2.03. The van der Waals surface area contributed by atoms with Crippen LogP contribution in [0.1, 0.15) is 77.0 Å². The van der Waals surface area contributed by atoms with Gasteiger partial charge in [-0.25, -0.2) is 0 Å². The minimum Gasteiger partial charge on any atom is -0.356 e. The number of hydrogen-bond donors (Lipinski definition) is 2. The molecule has 116 valence electrons. The first-order chi connectivity index (χ1) is 9.79. The predicted octanol–water partition coefficient (Wildman–Crippen LogP) is 2.91. The number of carbonyl (C=O) groups is 2. The molecule has 1 saturated heterocycles. The van der Waals surface area contributed by atoms with Crippen LogP contribution in [0.2, 0.25) is 0 Å². The summed E-state index contributed by atoms with van der Waals surface area (Å²) in [6.45, 7) is 1.61. The van der Waals surface area contributed by atoms with Crippen molar-refractivity contribution in [1.29, 1.82) is 0 Å². The smallest absolute Gasteiger partial charge is 0.219 e. The summed E-state index contributed by atoms with van der Waals surface area (Å²) in [4.78, 5) is 23.1. The number of nitrogens with one attached hydrogen (secondary N) is 2. The van der Waals surface area contributed by atoms with E-state index < -0.39 is 0 Å². The van der Waals surface area contributed by atoms with Crippen molar-refractivity contribution in [3.8, 4) is 0 Å². The lowest BCUT2D eigenvalue weighted by Crippen LogP contribution is -2.24. The quantitative estimate of drug-likeness (QED) is 0.717. The molecule has 0 aromatic heterocycles. The van der Waals surface area contributed by atoms with Crippen LogP contribution in [0.4, 0.5) is 0 Å². The van der Waals surface area contributed by atoms with Crippen molar-refractivity contribution < 1.29 is 9.59 Å². The van der Waals surface area contributed by atoms with Crippen LogP contribution in [0.5, 0.6) is 0 Å². The summed E-state index contributed by atoms with van der Waals surface area (Å²) in [5, 5.41) is 5.98. The molecular formula is C16H30N2O2. The normalized spacial score (nSPS) is 22.2. The second kappa shape index (κ2) is 11.7. The Balaban J connectivity index is 2.19. The molecule has 0 unspecified atom stereocenters. The molecule has 1 aliphatic heterocycles. The molecule has 1 rings (SSSR count). The molecule has 1 fully saturated rings. The molecule has 0 radical (unpaired) electrons. The fourth-order valence-electron chi connectivity index (χ4n) is 2.51. The zero-order valence-electron chi connectivity index (χ0n) is 12.7. The van der Waals surface area contributed by atoms with E-state index in [2.05, 4.69) is 10.6 Å². The first-order valence-electron chi connectivity index (χ1n) is 8.32. The molecule has 0 atom stereocenters. The Morgan fingerprint density at radius 3 is 1.30 bits per heavy atom. The van der Waals surface area contributed by atoms with Crippen LogP contribution < -0.4 is 10.6 Å². The van der Waals surface area contributed by atoms with Gasteiger partial charge in [-0.2, -0.15) is 0 Å². The topological polar surface area (TPSA) is 58.2 Å². The number of hydrogen-bond acceptors (Lipinski definition) is 2. The Bertz CT molecular complexity index is 228. The average Bonchev–Trinajstić information content (AvgIpc) is 2.43. The minimum atomic E-state index is 0.207. The SMILES string of the molecule is O=C1CCCCCCCNC(=O)CCCCCCCN1. The van der Waals surface area contributed by atoms with Gasteiger partial charge in [0.1, 0.15) is 0 Å². The molecule has 0 aromatic carbocycles. The molecule has 0 saturated carbocycles. The molecule has 0 bridgehead atoms. The fourth-order valence-corrected chi connectivity index (χ4v) is 2.51. The summed E-state index contributed by atoms with van der Waals surface area (Å²) in [6.07, 6.45) is 12.2. The minimum absolute atomic E-state index is 0.207. The van der Waals surface area contributed by atoms with Gasteiger partial charge in [-0.3, -0.25) is 9.59 Å². The summed E-state index contributed by atoms with van der Waals surface area (Å²) >= 11 is 0. The standard InChI is InChI=1S/C16H30N2O2/c19-15-11-7-3-1-5-9-13-17-16(20)12-8-4-2-6-10-14-18-15/h1-14H2,(H,17,20)(H,18,19). The van der Waals surface area contributed by atoms with Crippen LogP contribution in [0, 0.1) is 0 Å².